The van der Waals surface area contributed by atoms with Crippen LogP contribution in [0.15, 0.2) is 91.0 Å². The number of hydrogen-bond acceptors (Lipinski definition) is 0. The number of benzene rings is 3. The van der Waals surface area contributed by atoms with Crippen molar-refractivity contribution in [3.63, 3.8) is 0 Å². The van der Waals surface area contributed by atoms with Crippen molar-refractivity contribution < 1.29 is 0 Å². The number of fused-ring (bicyclic) bond motifs is 1. The van der Waals surface area contributed by atoms with Crippen molar-refractivity contribution >= 4 is 6.08 Å². The molecule has 0 bridgehead atoms. The summed E-state index contributed by atoms with van der Waals surface area (Å²) in [6.07, 6.45) is 5.56. The van der Waals surface area contributed by atoms with Crippen LogP contribution in [0.25, 0.3) is 6.08 Å². The normalized spacial score (nSPS) is 15.3. The molecule has 0 radical (unpaired) electrons. The first kappa shape index (κ1) is 13.1. The standard InChI is InChI=1S/C22H18/c1-3-12-19(13-4-1)22(20-14-5-2-6-15-20)17-9-11-18-10-7-8-16-21(18)22/h1-16H,17H2. The fourth-order valence-corrected chi connectivity index (χ4v) is 3.66. The van der Waals surface area contributed by atoms with E-state index in [1.165, 1.54) is 22.3 Å². The number of rotatable bonds is 2. The van der Waals surface area contributed by atoms with Gasteiger partial charge in [-0.05, 0) is 28.7 Å². The molecule has 1 aliphatic carbocycles. The van der Waals surface area contributed by atoms with E-state index in [-0.39, 0.29) is 5.41 Å². The molecule has 0 amide bonds. The minimum Gasteiger partial charge on any atom is -0.0824 e. The Morgan fingerprint density at radius 1 is 0.591 bits per heavy atom. The molecule has 3 aromatic carbocycles. The molecule has 0 N–H and O–H groups in total. The Balaban J connectivity index is 2.05. The number of allylic oxidation sites excluding steroid dienone is 1. The molecule has 0 heteroatoms. The van der Waals surface area contributed by atoms with Gasteiger partial charge in [0, 0.05) is 5.41 Å². The first-order valence-electron chi connectivity index (χ1n) is 7.78. The van der Waals surface area contributed by atoms with E-state index in [0.717, 1.165) is 6.42 Å². The summed E-state index contributed by atoms with van der Waals surface area (Å²) in [5.41, 5.74) is 5.35. The van der Waals surface area contributed by atoms with Crippen molar-refractivity contribution in [2.45, 2.75) is 11.8 Å². The van der Waals surface area contributed by atoms with Gasteiger partial charge in [0.2, 0.25) is 0 Å². The summed E-state index contributed by atoms with van der Waals surface area (Å²) >= 11 is 0. The fraction of sp³-hybridized carbons (Fsp3) is 0.0909. The molecule has 0 heterocycles. The molecule has 4 rings (SSSR count). The molecule has 0 saturated carbocycles. The van der Waals surface area contributed by atoms with Gasteiger partial charge in [-0.1, -0.05) is 97.1 Å². The van der Waals surface area contributed by atoms with Crippen LogP contribution in [0.2, 0.25) is 0 Å². The van der Waals surface area contributed by atoms with E-state index in [4.69, 9.17) is 0 Å². The van der Waals surface area contributed by atoms with Gasteiger partial charge in [0.15, 0.2) is 0 Å². The van der Waals surface area contributed by atoms with Crippen molar-refractivity contribution in [3.8, 4) is 0 Å². The highest BCUT2D eigenvalue weighted by Crippen LogP contribution is 2.46. The maximum absolute atomic E-state index is 2.31. The SMILES string of the molecule is C1=Cc2ccccc2C(c2ccccc2)(c2ccccc2)C1. The molecule has 0 saturated heterocycles. The molecular weight excluding hydrogens is 264 g/mol. The average molecular weight is 282 g/mol. The third-order valence-corrected chi connectivity index (χ3v) is 4.68. The van der Waals surface area contributed by atoms with Crippen LogP contribution >= 0.6 is 0 Å². The number of hydrogen-bond donors (Lipinski definition) is 0. The highest BCUT2D eigenvalue weighted by Gasteiger charge is 2.37. The highest BCUT2D eigenvalue weighted by atomic mass is 14.4. The van der Waals surface area contributed by atoms with Crippen molar-refractivity contribution in [1.82, 2.24) is 0 Å². The maximum atomic E-state index is 2.31. The largest absolute Gasteiger partial charge is 0.0824 e. The molecule has 0 unspecified atom stereocenters. The zero-order valence-electron chi connectivity index (χ0n) is 12.4. The molecule has 0 nitrogen and oxygen atoms in total. The van der Waals surface area contributed by atoms with Crippen LogP contribution < -0.4 is 0 Å². The van der Waals surface area contributed by atoms with E-state index in [2.05, 4.69) is 97.1 Å². The monoisotopic (exact) mass is 282 g/mol. The molecule has 0 fully saturated rings. The van der Waals surface area contributed by atoms with Gasteiger partial charge in [-0.25, -0.2) is 0 Å². The third kappa shape index (κ3) is 1.92. The van der Waals surface area contributed by atoms with Gasteiger partial charge in [0.1, 0.15) is 0 Å². The summed E-state index contributed by atoms with van der Waals surface area (Å²) in [4.78, 5) is 0. The second-order valence-electron chi connectivity index (χ2n) is 5.83. The van der Waals surface area contributed by atoms with Crippen LogP contribution in [0.1, 0.15) is 28.7 Å². The lowest BCUT2D eigenvalue weighted by Gasteiger charge is -2.38. The Bertz CT molecular complexity index is 758. The maximum Gasteiger partial charge on any atom is 0.0491 e. The summed E-state index contributed by atoms with van der Waals surface area (Å²) in [5, 5.41) is 0. The predicted molar refractivity (Wildman–Crippen MR) is 92.9 cm³/mol. The van der Waals surface area contributed by atoms with Gasteiger partial charge in [-0.2, -0.15) is 0 Å². The first-order valence-corrected chi connectivity index (χ1v) is 7.78. The zero-order valence-corrected chi connectivity index (χ0v) is 12.4. The van der Waals surface area contributed by atoms with Gasteiger partial charge in [-0.15, -0.1) is 0 Å². The first-order chi connectivity index (χ1) is 10.9. The van der Waals surface area contributed by atoms with Crippen LogP contribution in [0.4, 0.5) is 0 Å². The van der Waals surface area contributed by atoms with E-state index < -0.39 is 0 Å². The highest BCUT2D eigenvalue weighted by molar-refractivity contribution is 5.66. The molecule has 106 valence electrons. The van der Waals surface area contributed by atoms with Crippen LogP contribution in [-0.4, -0.2) is 0 Å². The van der Waals surface area contributed by atoms with Gasteiger partial charge in [0.25, 0.3) is 0 Å². The summed E-state index contributed by atoms with van der Waals surface area (Å²) in [7, 11) is 0. The summed E-state index contributed by atoms with van der Waals surface area (Å²) < 4.78 is 0. The van der Waals surface area contributed by atoms with E-state index >= 15 is 0 Å². The molecule has 0 spiro atoms. The van der Waals surface area contributed by atoms with Crippen LogP contribution in [0.3, 0.4) is 0 Å². The van der Waals surface area contributed by atoms with Crippen molar-refractivity contribution in [3.05, 3.63) is 113 Å². The van der Waals surface area contributed by atoms with Crippen molar-refractivity contribution in [2.24, 2.45) is 0 Å². The molecule has 0 aromatic heterocycles. The van der Waals surface area contributed by atoms with Gasteiger partial charge >= 0.3 is 0 Å². The molecule has 0 atom stereocenters. The Morgan fingerprint density at radius 3 is 1.77 bits per heavy atom. The lowest BCUT2D eigenvalue weighted by molar-refractivity contribution is 0.621. The summed E-state index contributed by atoms with van der Waals surface area (Å²) in [5.74, 6) is 0. The lowest BCUT2D eigenvalue weighted by atomic mass is 9.64. The molecule has 3 aromatic rings. The lowest BCUT2D eigenvalue weighted by Crippen LogP contribution is -2.31. The van der Waals surface area contributed by atoms with E-state index in [0.29, 0.717) is 0 Å². The average Bonchev–Trinajstić information content (AvgIpc) is 2.63. The van der Waals surface area contributed by atoms with Gasteiger partial charge < -0.3 is 0 Å². The van der Waals surface area contributed by atoms with Crippen LogP contribution in [-0.2, 0) is 5.41 Å². The topological polar surface area (TPSA) is 0 Å². The minimum atomic E-state index is -0.0894. The predicted octanol–water partition coefficient (Wildman–Crippen LogP) is 5.44. The van der Waals surface area contributed by atoms with E-state index in [9.17, 15) is 0 Å². The van der Waals surface area contributed by atoms with E-state index in [1.807, 2.05) is 0 Å². The van der Waals surface area contributed by atoms with Crippen LogP contribution in [0.5, 0.6) is 0 Å². The Morgan fingerprint density at radius 2 is 1.14 bits per heavy atom. The Hall–Kier alpha value is -2.60. The van der Waals surface area contributed by atoms with E-state index in [1.54, 1.807) is 0 Å². The smallest absolute Gasteiger partial charge is 0.0491 e. The second-order valence-corrected chi connectivity index (χ2v) is 5.83. The molecule has 22 heavy (non-hydrogen) atoms. The van der Waals surface area contributed by atoms with Gasteiger partial charge in [-0.3, -0.25) is 0 Å². The van der Waals surface area contributed by atoms with Crippen LogP contribution in [0, 0.1) is 0 Å². The second kappa shape index (κ2) is 5.31. The summed E-state index contributed by atoms with van der Waals surface area (Å²) in [6.45, 7) is 0. The fourth-order valence-electron chi connectivity index (χ4n) is 3.66. The zero-order chi connectivity index (χ0) is 14.8. The molecule has 1 aliphatic rings. The molecule has 0 aliphatic heterocycles. The Labute approximate surface area is 131 Å². The Kier molecular flexibility index (Phi) is 3.16. The quantitative estimate of drug-likeness (QED) is 0.587. The summed E-state index contributed by atoms with van der Waals surface area (Å²) in [6, 6.07) is 30.5. The van der Waals surface area contributed by atoms with Gasteiger partial charge in [0.05, 0.1) is 0 Å². The molecular formula is C22H18. The minimum absolute atomic E-state index is 0.0894. The van der Waals surface area contributed by atoms with Crippen molar-refractivity contribution in [2.75, 3.05) is 0 Å². The van der Waals surface area contributed by atoms with Crippen molar-refractivity contribution in [1.29, 1.82) is 0 Å². The third-order valence-electron chi connectivity index (χ3n) is 4.68.